The number of piperidine rings is 1. The van der Waals surface area contributed by atoms with Gasteiger partial charge in [0.1, 0.15) is 11.4 Å². The number of ether oxygens (including phenoxy) is 1. The lowest BCUT2D eigenvalue weighted by Crippen LogP contribution is -2.56. The van der Waals surface area contributed by atoms with Crippen molar-refractivity contribution in [1.29, 1.82) is 0 Å². The van der Waals surface area contributed by atoms with Crippen LogP contribution in [-0.4, -0.2) is 51.3 Å². The van der Waals surface area contributed by atoms with E-state index in [9.17, 15) is 14.4 Å². The number of carbonyl (C=O) groups excluding carboxylic acids is 1. The molecule has 166 valence electrons. The molecule has 2 saturated heterocycles. The fraction of sp³-hybridized carbons (Fsp3) is 0.542. The van der Waals surface area contributed by atoms with Crippen molar-refractivity contribution in [3.63, 3.8) is 0 Å². The Kier molecular flexibility index (Phi) is 6.03. The number of rotatable bonds is 5. The van der Waals surface area contributed by atoms with E-state index >= 15 is 0 Å². The molecular formula is C24H31N3O4. The van der Waals surface area contributed by atoms with Gasteiger partial charge in [0.2, 0.25) is 0 Å². The molecule has 1 atom stereocenters. The molecule has 0 N–H and O–H groups in total. The second kappa shape index (κ2) is 8.73. The van der Waals surface area contributed by atoms with Crippen molar-refractivity contribution in [3.05, 3.63) is 50.3 Å². The molecule has 0 spiro atoms. The van der Waals surface area contributed by atoms with Crippen LogP contribution < -0.4 is 25.6 Å². The first-order valence-corrected chi connectivity index (χ1v) is 11.2. The number of hydrogen-bond acceptors (Lipinski definition) is 7. The van der Waals surface area contributed by atoms with Crippen molar-refractivity contribution in [2.75, 3.05) is 54.0 Å². The van der Waals surface area contributed by atoms with Crippen LogP contribution in [0.3, 0.4) is 0 Å². The van der Waals surface area contributed by atoms with Gasteiger partial charge < -0.3 is 19.4 Å². The molecule has 7 heteroatoms. The Hall–Kier alpha value is -2.83. The molecule has 31 heavy (non-hydrogen) atoms. The number of benzene rings is 1. The normalized spacial score (nSPS) is 20.4. The third kappa shape index (κ3) is 4.05. The molecule has 0 amide bonds. The molecule has 2 aromatic rings. The molecule has 2 aliphatic rings. The van der Waals surface area contributed by atoms with Crippen LogP contribution in [0.2, 0.25) is 0 Å². The number of nitrogens with zero attached hydrogens (tertiary/aromatic N) is 3. The largest absolute Gasteiger partial charge is 0.466 e. The van der Waals surface area contributed by atoms with Gasteiger partial charge in [-0.15, -0.1) is 0 Å². The number of hydrogen-bond donors (Lipinski definition) is 0. The van der Waals surface area contributed by atoms with E-state index in [2.05, 4.69) is 47.9 Å². The van der Waals surface area contributed by atoms with Gasteiger partial charge in [0.15, 0.2) is 0 Å². The predicted molar refractivity (Wildman–Crippen MR) is 123 cm³/mol. The molecule has 0 saturated carbocycles. The van der Waals surface area contributed by atoms with Gasteiger partial charge in [0.05, 0.1) is 12.5 Å². The van der Waals surface area contributed by atoms with Gasteiger partial charge in [-0.05, 0) is 45.7 Å². The van der Waals surface area contributed by atoms with E-state index < -0.39 is 5.43 Å². The fourth-order valence-corrected chi connectivity index (χ4v) is 4.83. The third-order valence-electron chi connectivity index (χ3n) is 6.60. The van der Waals surface area contributed by atoms with Crippen LogP contribution in [0.25, 0.3) is 0 Å². The fourth-order valence-electron chi connectivity index (χ4n) is 4.83. The smallest absolute Gasteiger partial charge is 0.309 e. The zero-order chi connectivity index (χ0) is 22.1. The highest BCUT2D eigenvalue weighted by atomic mass is 16.5. The van der Waals surface area contributed by atoms with Crippen molar-refractivity contribution in [2.24, 2.45) is 5.92 Å². The lowest BCUT2D eigenvalue weighted by Gasteiger charge is -2.44. The summed E-state index contributed by atoms with van der Waals surface area (Å²) in [4.78, 5) is 43.4. The van der Waals surface area contributed by atoms with Gasteiger partial charge >= 0.3 is 5.97 Å². The number of carbonyl (C=O) groups is 1. The molecule has 2 fully saturated rings. The highest BCUT2D eigenvalue weighted by Crippen LogP contribution is 2.31. The summed E-state index contributed by atoms with van der Waals surface area (Å²) in [5, 5.41) is 0. The Morgan fingerprint density at radius 3 is 2.16 bits per heavy atom. The maximum Gasteiger partial charge on any atom is 0.309 e. The average Bonchev–Trinajstić information content (AvgIpc) is 2.78. The summed E-state index contributed by atoms with van der Waals surface area (Å²) in [6, 6.07) is 8.73. The Bertz CT molecular complexity index is 1000. The minimum absolute atomic E-state index is 0.121. The molecule has 2 heterocycles. The van der Waals surface area contributed by atoms with Crippen LogP contribution in [-0.2, 0) is 9.53 Å². The molecule has 4 rings (SSSR count). The minimum Gasteiger partial charge on any atom is -0.466 e. The van der Waals surface area contributed by atoms with E-state index in [0.29, 0.717) is 57.0 Å². The third-order valence-corrected chi connectivity index (χ3v) is 6.60. The number of aryl methyl sites for hydroxylation is 1. The zero-order valence-electron chi connectivity index (χ0n) is 18.6. The Labute approximate surface area is 182 Å². The summed E-state index contributed by atoms with van der Waals surface area (Å²) in [6.45, 7) is 9.82. The standard InChI is InChI=1S/C24H31N3O4/c1-4-31-24(30)18-9-11-25(12-10-18)20-21(23(29)22(20)28)26-13-14-27(17(3)15-26)19-7-5-16(2)6-8-19/h5-8,17-18H,4,9-15H2,1-3H3/t17-/m0/s1. The van der Waals surface area contributed by atoms with Crippen molar-refractivity contribution in [1.82, 2.24) is 0 Å². The average molecular weight is 426 g/mol. The van der Waals surface area contributed by atoms with Crippen LogP contribution in [0.5, 0.6) is 0 Å². The molecular weight excluding hydrogens is 394 g/mol. The Morgan fingerprint density at radius 2 is 1.58 bits per heavy atom. The molecule has 0 bridgehead atoms. The van der Waals surface area contributed by atoms with Crippen molar-refractivity contribution in [3.8, 4) is 0 Å². The summed E-state index contributed by atoms with van der Waals surface area (Å²) < 4.78 is 5.13. The van der Waals surface area contributed by atoms with E-state index in [0.717, 1.165) is 6.54 Å². The molecule has 2 aromatic carbocycles. The quantitative estimate of drug-likeness (QED) is 0.537. The first kappa shape index (κ1) is 21.4. The number of piperazine rings is 1. The molecule has 7 nitrogen and oxygen atoms in total. The van der Waals surface area contributed by atoms with Crippen LogP contribution in [0, 0.1) is 12.8 Å². The van der Waals surface area contributed by atoms with E-state index in [1.807, 2.05) is 11.8 Å². The first-order valence-electron chi connectivity index (χ1n) is 11.2. The maximum atomic E-state index is 12.5. The monoisotopic (exact) mass is 425 g/mol. The summed E-state index contributed by atoms with van der Waals surface area (Å²) in [5.74, 6) is -0.280. The van der Waals surface area contributed by atoms with E-state index in [1.165, 1.54) is 11.3 Å². The predicted octanol–water partition coefficient (Wildman–Crippen LogP) is 2.09. The van der Waals surface area contributed by atoms with Gasteiger partial charge in [-0.3, -0.25) is 14.4 Å². The highest BCUT2D eigenvalue weighted by Gasteiger charge is 2.36. The van der Waals surface area contributed by atoms with E-state index in [-0.39, 0.29) is 23.4 Å². The highest BCUT2D eigenvalue weighted by molar-refractivity contribution is 5.78. The van der Waals surface area contributed by atoms with E-state index in [4.69, 9.17) is 4.74 Å². The van der Waals surface area contributed by atoms with Gasteiger partial charge in [-0.1, -0.05) is 17.7 Å². The molecule has 0 aliphatic carbocycles. The lowest BCUT2D eigenvalue weighted by atomic mass is 9.95. The molecule has 2 aliphatic heterocycles. The Morgan fingerprint density at radius 1 is 0.968 bits per heavy atom. The summed E-state index contributed by atoms with van der Waals surface area (Å²) in [6.07, 6.45) is 1.30. The van der Waals surface area contributed by atoms with Crippen molar-refractivity contribution < 1.29 is 9.53 Å². The summed E-state index contributed by atoms with van der Waals surface area (Å²) in [5.41, 5.74) is 2.76. The molecule has 0 aromatic heterocycles. The zero-order valence-corrected chi connectivity index (χ0v) is 18.6. The van der Waals surface area contributed by atoms with Gasteiger partial charge in [-0.2, -0.15) is 0 Å². The van der Waals surface area contributed by atoms with Crippen LogP contribution in [0.1, 0.15) is 32.3 Å². The summed E-state index contributed by atoms with van der Waals surface area (Å²) >= 11 is 0. The molecule has 0 unspecified atom stereocenters. The maximum absolute atomic E-state index is 12.5. The summed E-state index contributed by atoms with van der Waals surface area (Å²) in [7, 11) is 0. The van der Waals surface area contributed by atoms with Crippen LogP contribution in [0.4, 0.5) is 17.1 Å². The number of esters is 1. The van der Waals surface area contributed by atoms with Gasteiger partial charge in [0, 0.05) is 44.5 Å². The van der Waals surface area contributed by atoms with Crippen molar-refractivity contribution >= 4 is 23.0 Å². The van der Waals surface area contributed by atoms with Crippen molar-refractivity contribution in [2.45, 2.75) is 39.7 Å². The first-order chi connectivity index (χ1) is 14.9. The molecule has 0 radical (unpaired) electrons. The second-order valence-corrected chi connectivity index (χ2v) is 8.69. The topological polar surface area (TPSA) is 70.2 Å². The minimum atomic E-state index is -0.391. The van der Waals surface area contributed by atoms with E-state index in [1.54, 1.807) is 0 Å². The van der Waals surface area contributed by atoms with Crippen LogP contribution in [0.15, 0.2) is 33.9 Å². The van der Waals surface area contributed by atoms with Crippen LogP contribution >= 0.6 is 0 Å². The van der Waals surface area contributed by atoms with Gasteiger partial charge in [-0.25, -0.2) is 0 Å². The second-order valence-electron chi connectivity index (χ2n) is 8.69. The lowest BCUT2D eigenvalue weighted by molar-refractivity contribution is -0.148. The number of anilines is 3. The van der Waals surface area contributed by atoms with Gasteiger partial charge in [0.25, 0.3) is 10.9 Å². The SMILES string of the molecule is CCOC(=O)C1CCN(c2c(N3CCN(c4ccc(C)cc4)[C@@H](C)C3)c(=O)c2=O)CC1. The Balaban J connectivity index is 1.45.